The highest BCUT2D eigenvalue weighted by Gasteiger charge is 2.33. The molecule has 170 valence electrons. The van der Waals surface area contributed by atoms with Gasteiger partial charge in [-0.2, -0.15) is 0 Å². The van der Waals surface area contributed by atoms with Crippen molar-refractivity contribution in [3.63, 3.8) is 0 Å². The quantitative estimate of drug-likeness (QED) is 0.715. The summed E-state index contributed by atoms with van der Waals surface area (Å²) in [6, 6.07) is 5.96. The van der Waals surface area contributed by atoms with Crippen LogP contribution in [0.1, 0.15) is 44.9 Å². The van der Waals surface area contributed by atoms with Gasteiger partial charge in [-0.1, -0.05) is 29.6 Å². The minimum atomic E-state index is -0.00646. The summed E-state index contributed by atoms with van der Waals surface area (Å²) in [5.41, 5.74) is 1.03. The summed E-state index contributed by atoms with van der Waals surface area (Å²) in [7, 11) is 1.88. The Morgan fingerprint density at radius 1 is 0.935 bits per heavy atom. The molecular formula is C23H32Cl2N4O2. The lowest BCUT2D eigenvalue weighted by Gasteiger charge is -2.40. The van der Waals surface area contributed by atoms with Crippen LogP contribution in [0.25, 0.3) is 0 Å². The maximum absolute atomic E-state index is 12.8. The molecule has 0 unspecified atom stereocenters. The van der Waals surface area contributed by atoms with Gasteiger partial charge in [0.15, 0.2) is 0 Å². The van der Waals surface area contributed by atoms with E-state index in [0.717, 1.165) is 70.4 Å². The number of halogens is 2. The van der Waals surface area contributed by atoms with Gasteiger partial charge in [-0.15, -0.1) is 0 Å². The molecule has 0 atom stereocenters. The van der Waals surface area contributed by atoms with Crippen LogP contribution in [-0.2, 0) is 4.79 Å². The Morgan fingerprint density at radius 3 is 2.10 bits per heavy atom. The van der Waals surface area contributed by atoms with Crippen LogP contribution in [0.5, 0.6) is 0 Å². The lowest BCUT2D eigenvalue weighted by atomic mass is 9.84. The maximum atomic E-state index is 12.8. The molecule has 1 aromatic rings. The predicted octanol–water partition coefficient (Wildman–Crippen LogP) is 4.39. The lowest BCUT2D eigenvalue weighted by Crippen LogP contribution is -2.53. The zero-order valence-electron chi connectivity index (χ0n) is 18.2. The van der Waals surface area contributed by atoms with Gasteiger partial charge in [0.1, 0.15) is 0 Å². The Kier molecular flexibility index (Phi) is 7.17. The van der Waals surface area contributed by atoms with E-state index in [1.54, 1.807) is 6.07 Å². The summed E-state index contributed by atoms with van der Waals surface area (Å²) >= 11 is 12.3. The fourth-order valence-electron chi connectivity index (χ4n) is 4.83. The Hall–Kier alpha value is -1.66. The second kappa shape index (κ2) is 9.86. The number of amides is 3. The van der Waals surface area contributed by atoms with E-state index < -0.39 is 0 Å². The Bertz CT molecular complexity index is 781. The van der Waals surface area contributed by atoms with Crippen LogP contribution in [-0.4, -0.2) is 67.0 Å². The third kappa shape index (κ3) is 5.40. The van der Waals surface area contributed by atoms with Crippen LogP contribution in [0, 0.1) is 5.92 Å². The molecule has 2 aliphatic heterocycles. The van der Waals surface area contributed by atoms with Crippen molar-refractivity contribution in [3.05, 3.63) is 28.2 Å². The highest BCUT2D eigenvalue weighted by Crippen LogP contribution is 2.30. The first-order valence-electron chi connectivity index (χ1n) is 11.4. The number of nitrogens with zero attached hydrogens (tertiary/aromatic N) is 3. The molecule has 4 rings (SSSR count). The smallest absolute Gasteiger partial charge is 0.317 e. The molecule has 1 aromatic carbocycles. The number of rotatable bonds is 4. The number of urea groups is 1. The van der Waals surface area contributed by atoms with Crippen molar-refractivity contribution in [2.24, 2.45) is 5.92 Å². The molecule has 1 aliphatic carbocycles. The number of carbonyl (C=O) groups excluding carboxylic acids is 2. The SMILES string of the molecule is CN(C(=O)NC1CCN(c2cc(Cl)cc(Cl)c2)CC1)C1CCN(C(=O)C2CCC2)CC1. The number of likely N-dealkylation sites (tertiary alicyclic amines) is 1. The number of hydrogen-bond donors (Lipinski definition) is 1. The van der Waals surface area contributed by atoms with Crippen LogP contribution in [0.15, 0.2) is 18.2 Å². The number of carbonyl (C=O) groups is 2. The highest BCUT2D eigenvalue weighted by molar-refractivity contribution is 6.35. The van der Waals surface area contributed by atoms with Gasteiger partial charge in [-0.05, 0) is 56.7 Å². The molecule has 2 saturated heterocycles. The molecule has 0 bridgehead atoms. The van der Waals surface area contributed by atoms with Gasteiger partial charge in [0.2, 0.25) is 5.91 Å². The maximum Gasteiger partial charge on any atom is 0.317 e. The van der Waals surface area contributed by atoms with Crippen LogP contribution in [0.2, 0.25) is 10.0 Å². The minimum absolute atomic E-state index is 0.00646. The van der Waals surface area contributed by atoms with Gasteiger partial charge in [0.25, 0.3) is 0 Å². The van der Waals surface area contributed by atoms with Crippen molar-refractivity contribution in [3.8, 4) is 0 Å². The van der Waals surface area contributed by atoms with E-state index in [9.17, 15) is 9.59 Å². The molecule has 0 spiro atoms. The van der Waals surface area contributed by atoms with E-state index in [1.807, 2.05) is 29.0 Å². The molecule has 31 heavy (non-hydrogen) atoms. The van der Waals surface area contributed by atoms with Gasteiger partial charge in [0.05, 0.1) is 0 Å². The normalized spacial score (nSPS) is 21.0. The summed E-state index contributed by atoms with van der Waals surface area (Å²) < 4.78 is 0. The Labute approximate surface area is 194 Å². The van der Waals surface area contributed by atoms with Crippen molar-refractivity contribution in [1.82, 2.24) is 15.1 Å². The van der Waals surface area contributed by atoms with Crippen LogP contribution >= 0.6 is 23.2 Å². The number of anilines is 1. The van der Waals surface area contributed by atoms with Crippen molar-refractivity contribution < 1.29 is 9.59 Å². The Balaban J connectivity index is 1.21. The summed E-state index contributed by atoms with van der Waals surface area (Å²) in [5.74, 6) is 0.580. The number of nitrogens with one attached hydrogen (secondary N) is 1. The van der Waals surface area contributed by atoms with Crippen molar-refractivity contribution in [2.45, 2.75) is 57.0 Å². The number of piperidine rings is 2. The fourth-order valence-corrected chi connectivity index (χ4v) is 5.35. The van der Waals surface area contributed by atoms with E-state index in [1.165, 1.54) is 6.42 Å². The van der Waals surface area contributed by atoms with Gasteiger partial charge >= 0.3 is 6.03 Å². The third-order valence-electron chi connectivity index (χ3n) is 7.13. The fraction of sp³-hybridized carbons (Fsp3) is 0.652. The summed E-state index contributed by atoms with van der Waals surface area (Å²) in [5, 5.41) is 4.49. The minimum Gasteiger partial charge on any atom is -0.371 e. The van der Waals surface area contributed by atoms with Crippen molar-refractivity contribution >= 4 is 40.8 Å². The van der Waals surface area contributed by atoms with Gasteiger partial charge in [-0.25, -0.2) is 4.79 Å². The number of benzene rings is 1. The second-order valence-electron chi connectivity index (χ2n) is 9.13. The average molecular weight is 467 g/mol. The van der Waals surface area contributed by atoms with E-state index in [0.29, 0.717) is 16.0 Å². The lowest BCUT2D eigenvalue weighted by molar-refractivity contribution is -0.139. The van der Waals surface area contributed by atoms with Crippen LogP contribution < -0.4 is 10.2 Å². The summed E-state index contributed by atoms with van der Waals surface area (Å²) in [6.45, 7) is 3.23. The predicted molar refractivity (Wildman–Crippen MR) is 125 cm³/mol. The Morgan fingerprint density at radius 2 is 1.55 bits per heavy atom. The first kappa shape index (κ1) is 22.5. The third-order valence-corrected chi connectivity index (χ3v) is 7.57. The highest BCUT2D eigenvalue weighted by atomic mass is 35.5. The molecule has 6 nitrogen and oxygen atoms in total. The van der Waals surface area contributed by atoms with Gasteiger partial charge in [-0.3, -0.25) is 4.79 Å². The molecule has 3 aliphatic rings. The molecule has 2 heterocycles. The molecule has 0 aromatic heterocycles. The second-order valence-corrected chi connectivity index (χ2v) is 10.0. The van der Waals surface area contributed by atoms with Crippen LogP contribution in [0.4, 0.5) is 10.5 Å². The molecule has 0 radical (unpaired) electrons. The molecule has 1 N–H and O–H groups in total. The number of hydrogen-bond acceptors (Lipinski definition) is 3. The van der Waals surface area contributed by atoms with Gasteiger partial charge < -0.3 is 20.0 Å². The van der Waals surface area contributed by atoms with E-state index in [-0.39, 0.29) is 24.0 Å². The average Bonchev–Trinajstić information content (AvgIpc) is 2.72. The standard InChI is InChI=1S/C23H32Cl2N4O2/c1-27(20-7-11-29(12-8-20)22(30)16-3-2-4-16)23(31)26-19-5-9-28(10-6-19)21-14-17(24)13-18(25)15-21/h13-16,19-20H,2-12H2,1H3,(H,26,31). The van der Waals surface area contributed by atoms with E-state index in [4.69, 9.17) is 23.2 Å². The zero-order chi connectivity index (χ0) is 22.0. The zero-order valence-corrected chi connectivity index (χ0v) is 19.7. The first-order chi connectivity index (χ1) is 14.9. The first-order valence-corrected chi connectivity index (χ1v) is 12.2. The van der Waals surface area contributed by atoms with Crippen LogP contribution in [0.3, 0.4) is 0 Å². The molecule has 3 amide bonds. The van der Waals surface area contributed by atoms with Crippen molar-refractivity contribution in [1.29, 1.82) is 0 Å². The van der Waals surface area contributed by atoms with E-state index in [2.05, 4.69) is 10.2 Å². The summed E-state index contributed by atoms with van der Waals surface area (Å²) in [6.07, 6.45) is 6.76. The van der Waals surface area contributed by atoms with Gasteiger partial charge in [0, 0.05) is 67.0 Å². The van der Waals surface area contributed by atoms with Crippen molar-refractivity contribution in [2.75, 3.05) is 38.1 Å². The molecule has 1 saturated carbocycles. The topological polar surface area (TPSA) is 55.9 Å². The molecule has 3 fully saturated rings. The molecule has 8 heteroatoms. The molecular weight excluding hydrogens is 435 g/mol. The monoisotopic (exact) mass is 466 g/mol. The van der Waals surface area contributed by atoms with E-state index >= 15 is 0 Å². The summed E-state index contributed by atoms with van der Waals surface area (Å²) in [4.78, 5) is 31.4. The largest absolute Gasteiger partial charge is 0.371 e.